The van der Waals surface area contributed by atoms with Gasteiger partial charge in [-0.05, 0) is 43.2 Å². The molecule has 1 fully saturated rings. The Bertz CT molecular complexity index is 1930. The van der Waals surface area contributed by atoms with Gasteiger partial charge in [-0.3, -0.25) is 9.78 Å². The fourth-order valence-corrected chi connectivity index (χ4v) is 6.73. The molecule has 1 aliphatic rings. The van der Waals surface area contributed by atoms with Crippen molar-refractivity contribution in [3.63, 3.8) is 0 Å². The SMILES string of the molecule is COc1cc(-c2nccc(-c3cccc(-c4ccc5c(CNCC(C)O)cn(C)c5n4)c3Cl)c2Cl)ccc1CNC[C@H]1CCC(=O)N1. The molecule has 1 amide bonds. The number of amides is 1. The van der Waals surface area contributed by atoms with Gasteiger partial charge in [0, 0.05) is 91.3 Å². The van der Waals surface area contributed by atoms with Crippen molar-refractivity contribution in [3.05, 3.63) is 88.2 Å². The molecule has 0 spiro atoms. The minimum absolute atomic E-state index is 0.108. The van der Waals surface area contributed by atoms with Gasteiger partial charge >= 0.3 is 0 Å². The zero-order chi connectivity index (χ0) is 33.1. The molecule has 0 bridgehead atoms. The van der Waals surface area contributed by atoms with E-state index in [-0.39, 0.29) is 11.9 Å². The molecule has 5 aromatic rings. The van der Waals surface area contributed by atoms with E-state index < -0.39 is 6.10 Å². The molecule has 9 nitrogen and oxygen atoms in total. The van der Waals surface area contributed by atoms with Crippen molar-refractivity contribution in [2.75, 3.05) is 20.2 Å². The number of aryl methyl sites for hydroxylation is 1. The number of benzene rings is 2. The van der Waals surface area contributed by atoms with Gasteiger partial charge in [0.05, 0.1) is 34.6 Å². The number of hydrogen-bond donors (Lipinski definition) is 4. The van der Waals surface area contributed by atoms with E-state index in [9.17, 15) is 9.90 Å². The first kappa shape index (κ1) is 32.9. The maximum atomic E-state index is 11.5. The summed E-state index contributed by atoms with van der Waals surface area (Å²) in [5, 5.41) is 21.4. The summed E-state index contributed by atoms with van der Waals surface area (Å²) in [6, 6.07) is 17.9. The number of methoxy groups -OCH3 is 1. The molecule has 1 aliphatic heterocycles. The first-order chi connectivity index (χ1) is 22.7. The van der Waals surface area contributed by atoms with E-state index >= 15 is 0 Å². The van der Waals surface area contributed by atoms with E-state index in [1.54, 1.807) is 20.2 Å². The van der Waals surface area contributed by atoms with Gasteiger partial charge in [-0.25, -0.2) is 4.98 Å². The Morgan fingerprint density at radius 3 is 2.60 bits per heavy atom. The highest BCUT2D eigenvalue weighted by atomic mass is 35.5. The predicted octanol–water partition coefficient (Wildman–Crippen LogP) is 6.12. The number of halogens is 2. The fourth-order valence-electron chi connectivity index (χ4n) is 6.08. The van der Waals surface area contributed by atoms with E-state index in [1.165, 1.54) is 0 Å². The Labute approximate surface area is 284 Å². The quantitative estimate of drug-likeness (QED) is 0.126. The van der Waals surface area contributed by atoms with Gasteiger partial charge < -0.3 is 30.4 Å². The second-order valence-corrected chi connectivity index (χ2v) is 12.7. The molecule has 4 heterocycles. The highest BCUT2D eigenvalue weighted by molar-refractivity contribution is 6.39. The first-order valence-corrected chi connectivity index (χ1v) is 16.4. The Morgan fingerprint density at radius 1 is 1.04 bits per heavy atom. The maximum absolute atomic E-state index is 11.5. The highest BCUT2D eigenvalue weighted by Gasteiger charge is 2.21. The summed E-state index contributed by atoms with van der Waals surface area (Å²) in [6.45, 7) is 4.21. The zero-order valence-corrected chi connectivity index (χ0v) is 28.1. The van der Waals surface area contributed by atoms with E-state index in [0.717, 1.165) is 62.3 Å². The largest absolute Gasteiger partial charge is 0.496 e. The number of ether oxygens (including phenoxy) is 1. The van der Waals surface area contributed by atoms with Gasteiger partial charge in [0.15, 0.2) is 0 Å². The molecule has 0 radical (unpaired) electrons. The van der Waals surface area contributed by atoms with Crippen molar-refractivity contribution >= 4 is 40.1 Å². The van der Waals surface area contributed by atoms with Crippen LogP contribution < -0.4 is 20.7 Å². The number of carbonyl (C=O) groups is 1. The summed E-state index contributed by atoms with van der Waals surface area (Å²) in [5.74, 6) is 0.828. The van der Waals surface area contributed by atoms with Gasteiger partial charge in [0.25, 0.3) is 0 Å². The lowest BCUT2D eigenvalue weighted by Crippen LogP contribution is -2.35. The number of fused-ring (bicyclic) bond motifs is 1. The third-order valence-corrected chi connectivity index (χ3v) is 9.26. The Kier molecular flexibility index (Phi) is 10.1. The van der Waals surface area contributed by atoms with Crippen molar-refractivity contribution < 1.29 is 14.6 Å². The molecule has 11 heteroatoms. The predicted molar refractivity (Wildman–Crippen MR) is 188 cm³/mol. The molecule has 3 aromatic heterocycles. The molecule has 1 saturated heterocycles. The van der Waals surface area contributed by atoms with Gasteiger partial charge in [-0.1, -0.05) is 53.5 Å². The van der Waals surface area contributed by atoms with Crippen LogP contribution in [0.4, 0.5) is 0 Å². The molecule has 0 saturated carbocycles. The lowest BCUT2D eigenvalue weighted by atomic mass is 9.99. The number of pyridine rings is 2. The van der Waals surface area contributed by atoms with Crippen molar-refractivity contribution in [2.45, 2.75) is 45.0 Å². The average molecular weight is 674 g/mol. The van der Waals surface area contributed by atoms with Crippen molar-refractivity contribution in [2.24, 2.45) is 7.05 Å². The average Bonchev–Trinajstić information content (AvgIpc) is 3.62. The number of aliphatic hydroxyl groups excluding tert-OH is 1. The van der Waals surface area contributed by atoms with Gasteiger partial charge in [0.2, 0.25) is 5.91 Å². The Hall–Kier alpha value is -3.99. The summed E-state index contributed by atoms with van der Waals surface area (Å²) in [4.78, 5) is 21.1. The molecular weight excluding hydrogens is 635 g/mol. The summed E-state index contributed by atoms with van der Waals surface area (Å²) in [6.07, 6.45) is 4.81. The lowest BCUT2D eigenvalue weighted by molar-refractivity contribution is -0.119. The number of hydrogen-bond acceptors (Lipinski definition) is 7. The smallest absolute Gasteiger partial charge is 0.220 e. The third kappa shape index (κ3) is 7.15. The van der Waals surface area contributed by atoms with E-state index in [0.29, 0.717) is 48.3 Å². The lowest BCUT2D eigenvalue weighted by Gasteiger charge is -2.16. The van der Waals surface area contributed by atoms with Crippen LogP contribution in [0, 0.1) is 0 Å². The first-order valence-electron chi connectivity index (χ1n) is 15.7. The molecule has 1 unspecified atom stereocenters. The topological polar surface area (TPSA) is 113 Å². The van der Waals surface area contributed by atoms with Gasteiger partial charge in [0.1, 0.15) is 11.4 Å². The van der Waals surface area contributed by atoms with E-state index in [2.05, 4.69) is 33.2 Å². The number of aliphatic hydroxyl groups is 1. The van der Waals surface area contributed by atoms with Crippen LogP contribution in [-0.2, 0) is 24.9 Å². The van der Waals surface area contributed by atoms with Gasteiger partial charge in [-0.2, -0.15) is 0 Å². The fraction of sp³-hybridized carbons (Fsp3) is 0.306. The normalized spacial score (nSPS) is 15.3. The monoisotopic (exact) mass is 672 g/mol. The number of nitrogens with zero attached hydrogens (tertiary/aromatic N) is 3. The van der Waals surface area contributed by atoms with Crippen molar-refractivity contribution in [1.29, 1.82) is 0 Å². The number of rotatable bonds is 12. The summed E-state index contributed by atoms with van der Waals surface area (Å²) in [7, 11) is 3.62. The molecule has 0 aliphatic carbocycles. The minimum atomic E-state index is -0.412. The molecule has 4 N–H and O–H groups in total. The van der Waals surface area contributed by atoms with Gasteiger partial charge in [-0.15, -0.1) is 0 Å². The highest BCUT2D eigenvalue weighted by Crippen LogP contribution is 2.42. The molecule has 244 valence electrons. The summed E-state index contributed by atoms with van der Waals surface area (Å²) >= 11 is 14.2. The second-order valence-electron chi connectivity index (χ2n) is 12.0. The molecule has 2 aromatic carbocycles. The molecular formula is C36H38Cl2N6O3. The number of aromatic nitrogens is 3. The molecule has 6 rings (SSSR count). The second kappa shape index (κ2) is 14.4. The summed E-state index contributed by atoms with van der Waals surface area (Å²) in [5.41, 5.74) is 7.49. The van der Waals surface area contributed by atoms with Crippen LogP contribution in [0.25, 0.3) is 44.7 Å². The minimum Gasteiger partial charge on any atom is -0.496 e. The van der Waals surface area contributed by atoms with Crippen LogP contribution in [0.2, 0.25) is 10.0 Å². The van der Waals surface area contributed by atoms with Crippen LogP contribution >= 0.6 is 23.2 Å². The standard InChI is InChI=1S/C36H38Cl2N6O3/c1-21(45)16-39-18-24-20-44(2)36-26(24)10-11-30(43-36)29-6-4-5-27(33(29)37)28-13-14-41-35(34(28)38)22-7-8-23(31(15-22)47-3)17-40-19-25-9-12-32(46)42-25/h4-8,10-11,13-15,20-21,25,39-40,45H,9,12,16-19H2,1-3H3,(H,42,46)/t21?,25-/m1/s1. The van der Waals surface area contributed by atoms with Crippen LogP contribution in [-0.4, -0.2) is 57.9 Å². The van der Waals surface area contributed by atoms with Crippen LogP contribution in [0.15, 0.2) is 67.0 Å². The molecule has 2 atom stereocenters. The van der Waals surface area contributed by atoms with E-state index in [1.807, 2.05) is 60.1 Å². The van der Waals surface area contributed by atoms with Crippen LogP contribution in [0.1, 0.15) is 30.9 Å². The summed E-state index contributed by atoms with van der Waals surface area (Å²) < 4.78 is 7.74. The molecule has 47 heavy (non-hydrogen) atoms. The van der Waals surface area contributed by atoms with E-state index in [4.69, 9.17) is 32.9 Å². The van der Waals surface area contributed by atoms with Crippen molar-refractivity contribution in [1.82, 2.24) is 30.5 Å². The Balaban J connectivity index is 1.26. The number of carbonyl (C=O) groups excluding carboxylic acids is 1. The van der Waals surface area contributed by atoms with Crippen LogP contribution in [0.5, 0.6) is 5.75 Å². The third-order valence-electron chi connectivity index (χ3n) is 8.47. The Morgan fingerprint density at radius 2 is 1.83 bits per heavy atom. The zero-order valence-electron chi connectivity index (χ0n) is 26.6. The van der Waals surface area contributed by atoms with Crippen LogP contribution in [0.3, 0.4) is 0 Å². The maximum Gasteiger partial charge on any atom is 0.220 e. The number of nitrogens with one attached hydrogen (secondary N) is 3. The van der Waals surface area contributed by atoms with Crippen molar-refractivity contribution in [3.8, 4) is 39.4 Å².